The minimum atomic E-state index is -0.167. The number of carbonyl (C=O) groups is 1. The molecule has 4 nitrogen and oxygen atoms in total. The summed E-state index contributed by atoms with van der Waals surface area (Å²) in [6.07, 6.45) is 5.37. The predicted octanol–water partition coefficient (Wildman–Crippen LogP) is 2.32. The molecule has 1 aliphatic heterocycles. The van der Waals surface area contributed by atoms with E-state index in [-0.39, 0.29) is 24.0 Å². The smallest absolute Gasteiger partial charge is 0.224 e. The molecule has 1 aromatic rings. The molecule has 1 aliphatic carbocycles. The molecule has 2 aliphatic rings. The Bertz CT molecular complexity index is 497. The van der Waals surface area contributed by atoms with Crippen LogP contribution in [0.2, 0.25) is 0 Å². The maximum Gasteiger partial charge on any atom is 0.224 e. The van der Waals surface area contributed by atoms with E-state index in [0.717, 1.165) is 58.2 Å². The molecule has 0 spiro atoms. The van der Waals surface area contributed by atoms with E-state index in [0.29, 0.717) is 0 Å². The molecule has 0 aromatic heterocycles. The summed E-state index contributed by atoms with van der Waals surface area (Å²) >= 11 is 0. The lowest BCUT2D eigenvalue weighted by atomic mass is 9.91. The summed E-state index contributed by atoms with van der Waals surface area (Å²) in [4.78, 5) is 14.9. The van der Waals surface area contributed by atoms with Gasteiger partial charge in [0.15, 0.2) is 0 Å². The number of amides is 1. The van der Waals surface area contributed by atoms with Crippen molar-refractivity contribution in [3.63, 3.8) is 0 Å². The van der Waals surface area contributed by atoms with E-state index in [1.54, 1.807) is 0 Å². The fraction of sp³-hybridized carbons (Fsp3) is 0.632. The van der Waals surface area contributed by atoms with Gasteiger partial charge in [-0.1, -0.05) is 30.3 Å². The molecule has 1 unspecified atom stereocenters. The van der Waals surface area contributed by atoms with Crippen LogP contribution in [0.1, 0.15) is 44.1 Å². The summed E-state index contributed by atoms with van der Waals surface area (Å²) < 4.78 is 0. The van der Waals surface area contributed by atoms with E-state index < -0.39 is 0 Å². The third kappa shape index (κ3) is 4.79. The minimum absolute atomic E-state index is 0.110. The summed E-state index contributed by atoms with van der Waals surface area (Å²) in [5.74, 6) is 0.323. The van der Waals surface area contributed by atoms with E-state index in [1.807, 2.05) is 6.07 Å². The summed E-state index contributed by atoms with van der Waals surface area (Å²) in [6, 6.07) is 10.7. The maximum atomic E-state index is 12.5. The first-order valence-corrected chi connectivity index (χ1v) is 8.95. The molecule has 126 valence electrons. The van der Waals surface area contributed by atoms with Gasteiger partial charge >= 0.3 is 0 Å². The van der Waals surface area contributed by atoms with Crippen molar-refractivity contribution in [2.24, 2.45) is 5.92 Å². The monoisotopic (exact) mass is 316 g/mol. The van der Waals surface area contributed by atoms with Crippen LogP contribution in [0, 0.1) is 5.92 Å². The molecule has 23 heavy (non-hydrogen) atoms. The van der Waals surface area contributed by atoms with Crippen LogP contribution in [-0.2, 0) is 11.3 Å². The lowest BCUT2D eigenvalue weighted by Gasteiger charge is -2.34. The molecule has 2 fully saturated rings. The highest BCUT2D eigenvalue weighted by atomic mass is 16.3. The number of carbonyl (C=O) groups excluding carboxylic acids is 1. The number of piperidine rings is 1. The van der Waals surface area contributed by atoms with Crippen LogP contribution in [0.15, 0.2) is 30.3 Å². The van der Waals surface area contributed by atoms with Gasteiger partial charge in [0.05, 0.1) is 12.0 Å². The fourth-order valence-electron chi connectivity index (χ4n) is 3.79. The second-order valence-electron chi connectivity index (χ2n) is 7.07. The number of nitrogens with zero attached hydrogens (tertiary/aromatic N) is 1. The lowest BCUT2D eigenvalue weighted by Crippen LogP contribution is -2.46. The number of benzene rings is 1. The van der Waals surface area contributed by atoms with E-state index in [2.05, 4.69) is 34.5 Å². The highest BCUT2D eigenvalue weighted by molar-refractivity contribution is 5.79. The van der Waals surface area contributed by atoms with Crippen molar-refractivity contribution < 1.29 is 9.90 Å². The topological polar surface area (TPSA) is 52.6 Å². The zero-order valence-corrected chi connectivity index (χ0v) is 13.8. The van der Waals surface area contributed by atoms with Crippen LogP contribution in [-0.4, -0.2) is 41.1 Å². The van der Waals surface area contributed by atoms with Gasteiger partial charge in [0.2, 0.25) is 5.91 Å². The molecule has 2 N–H and O–H groups in total. The van der Waals surface area contributed by atoms with Crippen LogP contribution >= 0.6 is 0 Å². The van der Waals surface area contributed by atoms with E-state index in [4.69, 9.17) is 0 Å². The second kappa shape index (κ2) is 7.93. The molecule has 0 bridgehead atoms. The number of likely N-dealkylation sites (tertiary alicyclic amines) is 1. The van der Waals surface area contributed by atoms with Crippen LogP contribution < -0.4 is 5.32 Å². The minimum Gasteiger partial charge on any atom is -0.393 e. The SMILES string of the molecule is O=C(NC1CCC(O)CC1)C1CCCN(Cc2ccccc2)C1. The number of nitrogens with one attached hydrogen (secondary N) is 1. The average molecular weight is 316 g/mol. The quantitative estimate of drug-likeness (QED) is 0.896. The Balaban J connectivity index is 1.48. The first-order chi connectivity index (χ1) is 11.2. The number of aliphatic hydroxyl groups is 1. The summed E-state index contributed by atoms with van der Waals surface area (Å²) in [5, 5.41) is 12.8. The van der Waals surface area contributed by atoms with Gasteiger partial charge in [-0.2, -0.15) is 0 Å². The van der Waals surface area contributed by atoms with Crippen LogP contribution in [0.3, 0.4) is 0 Å². The Morgan fingerprint density at radius 3 is 2.61 bits per heavy atom. The summed E-state index contributed by atoms with van der Waals surface area (Å²) in [7, 11) is 0. The highest BCUT2D eigenvalue weighted by Gasteiger charge is 2.28. The van der Waals surface area contributed by atoms with Gasteiger partial charge in [-0.3, -0.25) is 9.69 Å². The van der Waals surface area contributed by atoms with Crippen molar-refractivity contribution in [1.82, 2.24) is 10.2 Å². The first kappa shape index (κ1) is 16.5. The average Bonchev–Trinajstić information content (AvgIpc) is 2.58. The van der Waals surface area contributed by atoms with Crippen LogP contribution in [0.5, 0.6) is 0 Å². The third-order valence-corrected chi connectivity index (χ3v) is 5.17. The molecule has 1 atom stereocenters. The van der Waals surface area contributed by atoms with Gasteiger partial charge < -0.3 is 10.4 Å². The van der Waals surface area contributed by atoms with Crippen LogP contribution in [0.25, 0.3) is 0 Å². The van der Waals surface area contributed by atoms with Crippen molar-refractivity contribution in [3.05, 3.63) is 35.9 Å². The zero-order valence-electron chi connectivity index (χ0n) is 13.8. The van der Waals surface area contributed by atoms with Gasteiger partial charge in [-0.25, -0.2) is 0 Å². The molecule has 1 amide bonds. The Labute approximate surface area is 138 Å². The molecule has 0 radical (unpaired) electrons. The van der Waals surface area contributed by atoms with Gasteiger partial charge in [-0.05, 0) is 50.6 Å². The van der Waals surface area contributed by atoms with Crippen molar-refractivity contribution >= 4 is 5.91 Å². The van der Waals surface area contributed by atoms with Gasteiger partial charge in [0.1, 0.15) is 0 Å². The van der Waals surface area contributed by atoms with Gasteiger partial charge in [0.25, 0.3) is 0 Å². The molecule has 1 saturated carbocycles. The zero-order chi connectivity index (χ0) is 16.1. The van der Waals surface area contributed by atoms with E-state index in [1.165, 1.54) is 5.56 Å². The number of aliphatic hydroxyl groups excluding tert-OH is 1. The first-order valence-electron chi connectivity index (χ1n) is 8.95. The van der Waals surface area contributed by atoms with Crippen molar-refractivity contribution in [1.29, 1.82) is 0 Å². The summed E-state index contributed by atoms with van der Waals surface area (Å²) in [6.45, 7) is 2.87. The lowest BCUT2D eigenvalue weighted by molar-refractivity contribution is -0.127. The van der Waals surface area contributed by atoms with E-state index >= 15 is 0 Å². The standard InChI is InChI=1S/C19H28N2O2/c22-18-10-8-17(9-11-18)20-19(23)16-7-4-12-21(14-16)13-15-5-2-1-3-6-15/h1-3,5-6,16-18,22H,4,7-14H2,(H,20,23). The second-order valence-corrected chi connectivity index (χ2v) is 7.07. The molecule has 1 saturated heterocycles. The van der Waals surface area contributed by atoms with Gasteiger partial charge in [-0.15, -0.1) is 0 Å². The normalized spacial score (nSPS) is 29.2. The van der Waals surface area contributed by atoms with Crippen molar-refractivity contribution in [2.75, 3.05) is 13.1 Å². The Morgan fingerprint density at radius 1 is 1.13 bits per heavy atom. The van der Waals surface area contributed by atoms with Crippen LogP contribution in [0.4, 0.5) is 0 Å². The number of hydrogen-bond donors (Lipinski definition) is 2. The summed E-state index contributed by atoms with van der Waals surface area (Å²) in [5.41, 5.74) is 1.31. The molecule has 4 heteroatoms. The van der Waals surface area contributed by atoms with Crippen molar-refractivity contribution in [3.8, 4) is 0 Å². The van der Waals surface area contributed by atoms with Crippen molar-refractivity contribution in [2.45, 2.75) is 57.2 Å². The Kier molecular flexibility index (Phi) is 5.68. The fourth-order valence-corrected chi connectivity index (χ4v) is 3.79. The molecular formula is C19H28N2O2. The van der Waals surface area contributed by atoms with E-state index in [9.17, 15) is 9.90 Å². The highest BCUT2D eigenvalue weighted by Crippen LogP contribution is 2.22. The largest absolute Gasteiger partial charge is 0.393 e. The number of rotatable bonds is 4. The molecular weight excluding hydrogens is 288 g/mol. The predicted molar refractivity (Wildman–Crippen MR) is 90.8 cm³/mol. The number of hydrogen-bond acceptors (Lipinski definition) is 3. The molecule has 3 rings (SSSR count). The Hall–Kier alpha value is -1.39. The molecule has 1 aromatic carbocycles. The Morgan fingerprint density at radius 2 is 1.87 bits per heavy atom. The van der Waals surface area contributed by atoms with Gasteiger partial charge in [0, 0.05) is 19.1 Å². The third-order valence-electron chi connectivity index (χ3n) is 5.17. The molecule has 1 heterocycles. The maximum absolute atomic E-state index is 12.5.